The molecule has 0 heterocycles. The lowest BCUT2D eigenvalue weighted by Gasteiger charge is -2.26. The van der Waals surface area contributed by atoms with Crippen molar-refractivity contribution in [1.29, 1.82) is 0 Å². The molecule has 0 N–H and O–H groups in total. The first-order chi connectivity index (χ1) is 9.97. The van der Waals surface area contributed by atoms with Gasteiger partial charge in [0.2, 0.25) is 5.78 Å². The third kappa shape index (κ3) is 5.06. The van der Waals surface area contributed by atoms with E-state index in [-0.39, 0.29) is 5.92 Å². The zero-order valence-electron chi connectivity index (χ0n) is 11.7. The van der Waals surface area contributed by atoms with Gasteiger partial charge in [-0.1, -0.05) is 50.3 Å². The predicted molar refractivity (Wildman–Crippen MR) is 78.3 cm³/mol. The first kappa shape index (κ1) is 16.4. The zero-order valence-corrected chi connectivity index (χ0v) is 12.6. The highest BCUT2D eigenvalue weighted by Crippen LogP contribution is 2.37. The van der Waals surface area contributed by atoms with Gasteiger partial charge in [-0.2, -0.15) is 13.2 Å². The van der Waals surface area contributed by atoms with Crippen LogP contribution in [0.25, 0.3) is 0 Å². The van der Waals surface area contributed by atoms with Crippen molar-refractivity contribution < 1.29 is 18.0 Å². The molecule has 1 atom stereocenters. The van der Waals surface area contributed by atoms with Crippen LogP contribution in [0.3, 0.4) is 0 Å². The van der Waals surface area contributed by atoms with Crippen molar-refractivity contribution in [3.8, 4) is 0 Å². The summed E-state index contributed by atoms with van der Waals surface area (Å²) < 4.78 is 38.4. The zero-order chi connectivity index (χ0) is 15.3. The molecule has 0 bridgehead atoms. The molecule has 0 spiro atoms. The third-order valence-electron chi connectivity index (χ3n) is 3.87. The van der Waals surface area contributed by atoms with Gasteiger partial charge in [-0.3, -0.25) is 4.79 Å². The Hall–Kier alpha value is -0.970. The van der Waals surface area contributed by atoms with E-state index >= 15 is 0 Å². The van der Waals surface area contributed by atoms with E-state index in [1.54, 1.807) is 24.3 Å². The number of Topliss-reactive ketones (excluding diaryl/α,β-unsaturated/α-hetero) is 1. The summed E-state index contributed by atoms with van der Waals surface area (Å²) in [5.74, 6) is -1.35. The molecule has 1 aliphatic rings. The van der Waals surface area contributed by atoms with E-state index in [9.17, 15) is 18.0 Å². The SMILES string of the molecule is O=C(C(CC1CCCCC1)Sc1ccccc1)C(F)(F)F. The number of halogens is 3. The van der Waals surface area contributed by atoms with Crippen molar-refractivity contribution in [2.45, 2.75) is 54.8 Å². The molecule has 1 unspecified atom stereocenters. The molecule has 1 aliphatic carbocycles. The predicted octanol–water partition coefficient (Wildman–Crippen LogP) is 5.25. The first-order valence-electron chi connectivity index (χ1n) is 7.29. The van der Waals surface area contributed by atoms with Crippen LogP contribution in [0.2, 0.25) is 0 Å². The van der Waals surface area contributed by atoms with Crippen LogP contribution in [0.1, 0.15) is 38.5 Å². The number of benzene rings is 1. The minimum Gasteiger partial charge on any atom is -0.288 e. The molecule has 1 aromatic carbocycles. The van der Waals surface area contributed by atoms with E-state index in [4.69, 9.17) is 0 Å². The van der Waals surface area contributed by atoms with Gasteiger partial charge in [-0.05, 0) is 24.5 Å². The molecule has 5 heteroatoms. The van der Waals surface area contributed by atoms with E-state index in [0.717, 1.165) is 48.8 Å². The molecule has 1 saturated carbocycles. The Morgan fingerprint density at radius 1 is 1.14 bits per heavy atom. The van der Waals surface area contributed by atoms with E-state index in [0.29, 0.717) is 6.42 Å². The van der Waals surface area contributed by atoms with Gasteiger partial charge in [0.25, 0.3) is 0 Å². The summed E-state index contributed by atoms with van der Waals surface area (Å²) in [5.41, 5.74) is 0. The first-order valence-corrected chi connectivity index (χ1v) is 8.17. The molecule has 1 fully saturated rings. The Morgan fingerprint density at radius 2 is 1.76 bits per heavy atom. The summed E-state index contributed by atoms with van der Waals surface area (Å²) >= 11 is 1.05. The van der Waals surface area contributed by atoms with Crippen molar-refractivity contribution in [3.05, 3.63) is 30.3 Å². The second-order valence-corrected chi connectivity index (χ2v) is 6.80. The average Bonchev–Trinajstić information content (AvgIpc) is 2.47. The molecule has 0 saturated heterocycles. The maximum Gasteiger partial charge on any atom is 0.451 e. The molecule has 2 rings (SSSR count). The van der Waals surface area contributed by atoms with Gasteiger partial charge in [0, 0.05) is 4.90 Å². The highest BCUT2D eigenvalue weighted by atomic mass is 32.2. The summed E-state index contributed by atoms with van der Waals surface area (Å²) in [4.78, 5) is 12.4. The normalized spacial score (nSPS) is 18.4. The topological polar surface area (TPSA) is 17.1 Å². The lowest BCUT2D eigenvalue weighted by Crippen LogP contribution is -2.34. The van der Waals surface area contributed by atoms with E-state index in [1.165, 1.54) is 0 Å². The number of thioether (sulfide) groups is 1. The molecule has 0 aromatic heterocycles. The van der Waals surface area contributed by atoms with Crippen LogP contribution < -0.4 is 0 Å². The molecule has 0 radical (unpaired) electrons. The largest absolute Gasteiger partial charge is 0.451 e. The number of carbonyl (C=O) groups is 1. The second kappa shape index (κ2) is 7.34. The molecule has 1 nitrogen and oxygen atoms in total. The minimum atomic E-state index is -4.75. The van der Waals surface area contributed by atoms with E-state index in [2.05, 4.69) is 0 Å². The molecular formula is C16H19F3OS. The van der Waals surface area contributed by atoms with Crippen LogP contribution in [-0.4, -0.2) is 17.2 Å². The molecular weight excluding hydrogens is 297 g/mol. The highest BCUT2D eigenvalue weighted by Gasteiger charge is 2.44. The number of alkyl halides is 3. The number of hydrogen-bond donors (Lipinski definition) is 0. The van der Waals surface area contributed by atoms with Gasteiger partial charge in [-0.15, -0.1) is 11.8 Å². The van der Waals surface area contributed by atoms with Crippen LogP contribution in [0, 0.1) is 5.92 Å². The monoisotopic (exact) mass is 316 g/mol. The summed E-state index contributed by atoms with van der Waals surface area (Å²) in [6, 6.07) is 8.87. The van der Waals surface area contributed by atoms with E-state index < -0.39 is 17.2 Å². The van der Waals surface area contributed by atoms with E-state index in [1.807, 2.05) is 6.07 Å². The van der Waals surface area contributed by atoms with Gasteiger partial charge < -0.3 is 0 Å². The Morgan fingerprint density at radius 3 is 2.33 bits per heavy atom. The van der Waals surface area contributed by atoms with Crippen LogP contribution >= 0.6 is 11.8 Å². The number of ketones is 1. The molecule has 21 heavy (non-hydrogen) atoms. The maximum absolute atomic E-state index is 12.8. The van der Waals surface area contributed by atoms with Crippen molar-refractivity contribution in [2.75, 3.05) is 0 Å². The summed E-state index contributed by atoms with van der Waals surface area (Å²) in [7, 11) is 0. The van der Waals surface area contributed by atoms with Gasteiger partial charge in [0.05, 0.1) is 5.25 Å². The molecule has 0 aliphatic heterocycles. The van der Waals surface area contributed by atoms with Gasteiger partial charge in [-0.25, -0.2) is 0 Å². The van der Waals surface area contributed by atoms with Crippen LogP contribution in [-0.2, 0) is 4.79 Å². The smallest absolute Gasteiger partial charge is 0.288 e. The van der Waals surface area contributed by atoms with Crippen LogP contribution in [0.4, 0.5) is 13.2 Å². The van der Waals surface area contributed by atoms with Crippen molar-refractivity contribution in [2.24, 2.45) is 5.92 Å². The number of hydrogen-bond acceptors (Lipinski definition) is 2. The average molecular weight is 316 g/mol. The van der Waals surface area contributed by atoms with Crippen LogP contribution in [0.15, 0.2) is 35.2 Å². The molecule has 1 aromatic rings. The van der Waals surface area contributed by atoms with Crippen molar-refractivity contribution >= 4 is 17.5 Å². The summed E-state index contributed by atoms with van der Waals surface area (Å²) in [6.07, 6.45) is 0.744. The quantitative estimate of drug-likeness (QED) is 0.690. The van der Waals surface area contributed by atoms with Crippen LogP contribution in [0.5, 0.6) is 0 Å². The lowest BCUT2D eigenvalue weighted by molar-refractivity contribution is -0.170. The molecule has 0 amide bonds. The second-order valence-electron chi connectivity index (χ2n) is 5.52. The molecule has 116 valence electrons. The highest BCUT2D eigenvalue weighted by molar-refractivity contribution is 8.00. The fourth-order valence-corrected chi connectivity index (χ4v) is 4.03. The fourth-order valence-electron chi connectivity index (χ4n) is 2.78. The third-order valence-corrected chi connectivity index (χ3v) is 5.10. The fraction of sp³-hybridized carbons (Fsp3) is 0.562. The Balaban J connectivity index is 2.07. The maximum atomic E-state index is 12.8. The minimum absolute atomic E-state index is 0.242. The Bertz CT molecular complexity index is 452. The van der Waals surface area contributed by atoms with Gasteiger partial charge in [0.1, 0.15) is 0 Å². The van der Waals surface area contributed by atoms with Crippen molar-refractivity contribution in [1.82, 2.24) is 0 Å². The number of carbonyl (C=O) groups excluding carboxylic acids is 1. The van der Waals surface area contributed by atoms with Gasteiger partial charge in [0.15, 0.2) is 0 Å². The summed E-state index contributed by atoms with van der Waals surface area (Å²) in [6.45, 7) is 0. The van der Waals surface area contributed by atoms with Gasteiger partial charge >= 0.3 is 6.18 Å². The standard InChI is InChI=1S/C16H19F3OS/c17-16(18,19)15(20)14(11-12-7-3-1-4-8-12)21-13-9-5-2-6-10-13/h2,5-6,9-10,12,14H,1,3-4,7-8,11H2. The summed E-state index contributed by atoms with van der Waals surface area (Å²) in [5, 5.41) is -1.02. The Labute approximate surface area is 127 Å². The number of rotatable bonds is 5. The lowest BCUT2D eigenvalue weighted by atomic mass is 9.85. The van der Waals surface area contributed by atoms with Crippen molar-refractivity contribution in [3.63, 3.8) is 0 Å². The Kier molecular flexibility index (Phi) is 5.73.